The van der Waals surface area contributed by atoms with Gasteiger partial charge >= 0.3 is 11.8 Å². The zero-order valence-electron chi connectivity index (χ0n) is 34.9. The number of oxime groups is 1. The molecule has 0 unspecified atom stereocenters. The SMILES string of the molecule is CCCCCO/N=C/c1c2c(O)c3c(O)c(C)c4c(c3c1O)C(=O)[C@@](C)(O/C=C/[C@H](OC)[C@@H](C)[C@@H](OC(C)=O)[C@H](C)[C@H](O)[C@H](C)[C@@H](O)[C@@H](C)/C=C/C=C(\C)C(=O)N2)O4. The van der Waals surface area contributed by atoms with Crippen LogP contribution in [0.2, 0.25) is 0 Å². The monoisotopic (exact) mass is 810 g/mol. The molecule has 58 heavy (non-hydrogen) atoms. The van der Waals surface area contributed by atoms with Crippen molar-refractivity contribution in [2.45, 2.75) is 112 Å². The van der Waals surface area contributed by atoms with Gasteiger partial charge in [0.25, 0.3) is 11.7 Å². The van der Waals surface area contributed by atoms with Crippen LogP contribution in [0.5, 0.6) is 23.0 Å². The Morgan fingerprint density at radius 2 is 1.66 bits per heavy atom. The first-order chi connectivity index (χ1) is 27.3. The normalized spacial score (nSPS) is 30.4. The highest BCUT2D eigenvalue weighted by atomic mass is 16.7. The first kappa shape index (κ1) is 45.6. The molecule has 9 atom stereocenters. The molecule has 3 heterocycles. The molecule has 0 spiro atoms. The molecule has 5 rings (SSSR count). The van der Waals surface area contributed by atoms with E-state index in [2.05, 4.69) is 10.5 Å². The van der Waals surface area contributed by atoms with Gasteiger partial charge in [-0.15, -0.1) is 0 Å². The number of carbonyl (C=O) groups is 3. The van der Waals surface area contributed by atoms with Gasteiger partial charge in [0.1, 0.15) is 30.0 Å². The van der Waals surface area contributed by atoms with Gasteiger partial charge in [0.15, 0.2) is 5.75 Å². The van der Waals surface area contributed by atoms with Crippen LogP contribution in [-0.4, -0.2) is 93.3 Å². The number of hydrogen-bond acceptors (Lipinski definition) is 14. The molecule has 0 radical (unpaired) electrons. The van der Waals surface area contributed by atoms with Gasteiger partial charge in [-0.1, -0.05) is 70.8 Å². The Bertz CT molecular complexity index is 1990. The molecule has 3 aliphatic rings. The number of phenolic OH excluding ortho intramolecular Hbond substituents is 3. The summed E-state index contributed by atoms with van der Waals surface area (Å²) in [6.45, 7) is 14.7. The molecule has 5 bridgehead atoms. The van der Waals surface area contributed by atoms with Crippen molar-refractivity contribution in [3.63, 3.8) is 0 Å². The van der Waals surface area contributed by atoms with Gasteiger partial charge in [0.05, 0.1) is 53.0 Å². The number of allylic oxidation sites excluding steroid dienone is 2. The van der Waals surface area contributed by atoms with Crippen molar-refractivity contribution in [1.82, 2.24) is 0 Å². The highest BCUT2D eigenvalue weighted by molar-refractivity contribution is 6.23. The third-order valence-electron chi connectivity index (χ3n) is 11.1. The highest BCUT2D eigenvalue weighted by Crippen LogP contribution is 2.55. The van der Waals surface area contributed by atoms with Gasteiger partial charge in [-0.25, -0.2) is 0 Å². The van der Waals surface area contributed by atoms with Crippen LogP contribution in [0.1, 0.15) is 96.1 Å². The van der Waals surface area contributed by atoms with E-state index < -0.39 is 88.8 Å². The predicted octanol–water partition coefficient (Wildman–Crippen LogP) is 6.29. The van der Waals surface area contributed by atoms with E-state index in [-0.39, 0.29) is 51.1 Å². The first-order valence-corrected chi connectivity index (χ1v) is 19.6. The number of fused-ring (bicyclic) bond motifs is 14. The topological polar surface area (TPSA) is 223 Å². The Hall–Kier alpha value is -5.12. The number of amides is 1. The van der Waals surface area contributed by atoms with Crippen LogP contribution in [-0.2, 0) is 28.6 Å². The lowest BCUT2D eigenvalue weighted by Gasteiger charge is -2.38. The standard InChI is InChI=1S/C43H58N2O13/c1-11-12-13-18-56-44-20-28-33-38(51)31-30(37(28)50)32-40(26(7)36(31)49)58-43(9,41(32)52)55-19-17-29(54-10)23(4)39(57-27(8)46)25(6)35(48)24(5)34(47)21(2)15-14-16-22(3)42(53)45-33/h14-17,19-21,23-25,29,34-35,39,47-51H,11-13,18H2,1-10H3,(H,45,53)/b15-14+,19-17+,22-16+,44-20+/t21-,23+,24+,25+,29-,34-,35+,39+,43-/m0/s1. The molecule has 6 N–H and O–H groups in total. The average molecular weight is 811 g/mol. The molecule has 2 aromatic carbocycles. The van der Waals surface area contributed by atoms with Gasteiger partial charge in [0, 0.05) is 61.2 Å². The third kappa shape index (κ3) is 9.27. The molecule has 0 aromatic heterocycles. The fourth-order valence-corrected chi connectivity index (χ4v) is 7.43. The van der Waals surface area contributed by atoms with Crippen LogP contribution >= 0.6 is 0 Å². The minimum atomic E-state index is -2.05. The molecule has 2 aromatic rings. The molecule has 318 valence electrons. The van der Waals surface area contributed by atoms with E-state index in [1.807, 2.05) is 6.92 Å². The van der Waals surface area contributed by atoms with E-state index in [1.165, 1.54) is 53.2 Å². The quantitative estimate of drug-likeness (QED) is 0.0431. The number of aromatic hydroxyl groups is 3. The van der Waals surface area contributed by atoms with Crippen molar-refractivity contribution in [2.75, 3.05) is 19.0 Å². The van der Waals surface area contributed by atoms with Crippen LogP contribution in [0, 0.1) is 30.6 Å². The lowest BCUT2D eigenvalue weighted by Crippen LogP contribution is -2.46. The van der Waals surface area contributed by atoms with Gasteiger partial charge in [-0.3, -0.25) is 14.4 Å². The summed E-state index contributed by atoms with van der Waals surface area (Å²) in [4.78, 5) is 45.7. The summed E-state index contributed by atoms with van der Waals surface area (Å²) < 4.78 is 23.5. The summed E-state index contributed by atoms with van der Waals surface area (Å²) in [5.41, 5.74) is -0.565. The Morgan fingerprint density at radius 3 is 2.29 bits per heavy atom. The van der Waals surface area contributed by atoms with Crippen LogP contribution in [0.4, 0.5) is 5.69 Å². The second-order valence-electron chi connectivity index (χ2n) is 15.4. The number of methoxy groups -OCH3 is 1. The third-order valence-corrected chi connectivity index (χ3v) is 11.1. The van der Waals surface area contributed by atoms with Crippen molar-refractivity contribution < 1.29 is 63.7 Å². The summed E-state index contributed by atoms with van der Waals surface area (Å²) >= 11 is 0. The Balaban J connectivity index is 1.95. The highest BCUT2D eigenvalue weighted by Gasteiger charge is 2.50. The Labute approximate surface area is 338 Å². The lowest BCUT2D eigenvalue weighted by atomic mass is 9.78. The summed E-state index contributed by atoms with van der Waals surface area (Å²) in [7, 11) is 1.43. The first-order valence-electron chi connectivity index (χ1n) is 19.6. The van der Waals surface area contributed by atoms with Gasteiger partial charge in [0.2, 0.25) is 0 Å². The van der Waals surface area contributed by atoms with E-state index in [9.17, 15) is 39.9 Å². The number of hydrogen-bond donors (Lipinski definition) is 6. The summed E-state index contributed by atoms with van der Waals surface area (Å²) in [5.74, 6) is -8.57. The van der Waals surface area contributed by atoms with Crippen molar-refractivity contribution >= 4 is 40.3 Å². The Morgan fingerprint density at radius 1 is 0.966 bits per heavy atom. The number of ketones is 1. The molecule has 15 nitrogen and oxygen atoms in total. The lowest BCUT2D eigenvalue weighted by molar-refractivity contribution is -0.160. The molecule has 15 heteroatoms. The Kier molecular flexibility index (Phi) is 15.0. The van der Waals surface area contributed by atoms with Crippen LogP contribution in [0.25, 0.3) is 10.8 Å². The second-order valence-corrected chi connectivity index (χ2v) is 15.4. The number of aliphatic hydroxyl groups is 2. The minimum absolute atomic E-state index is 0.0391. The zero-order valence-corrected chi connectivity index (χ0v) is 34.9. The molecular formula is C43H58N2O13. The van der Waals surface area contributed by atoms with E-state index in [1.54, 1.807) is 39.8 Å². The molecule has 0 aliphatic carbocycles. The summed E-state index contributed by atoms with van der Waals surface area (Å²) in [6, 6.07) is 0. The maximum absolute atomic E-state index is 14.3. The number of benzene rings is 2. The minimum Gasteiger partial charge on any atom is -0.507 e. The number of ether oxygens (including phenoxy) is 4. The number of anilines is 1. The van der Waals surface area contributed by atoms with Gasteiger partial charge in [-0.05, 0) is 26.3 Å². The van der Waals surface area contributed by atoms with E-state index in [0.29, 0.717) is 6.42 Å². The molecule has 0 saturated heterocycles. The number of Topliss-reactive ketones (excluding diaryl/α,β-unsaturated/α-hetero) is 1. The number of esters is 1. The number of nitrogens with one attached hydrogen (secondary N) is 1. The van der Waals surface area contributed by atoms with E-state index in [4.69, 9.17) is 23.8 Å². The number of rotatable bonds is 8. The molecule has 1 amide bonds. The maximum atomic E-state index is 14.3. The van der Waals surface area contributed by atoms with Crippen molar-refractivity contribution in [2.24, 2.45) is 28.8 Å². The largest absolute Gasteiger partial charge is 0.507 e. The van der Waals surface area contributed by atoms with Crippen LogP contribution < -0.4 is 10.1 Å². The molecule has 0 fully saturated rings. The van der Waals surface area contributed by atoms with Gasteiger partial charge < -0.3 is 54.6 Å². The zero-order chi connectivity index (χ0) is 43.2. The van der Waals surface area contributed by atoms with Crippen LogP contribution in [0.3, 0.4) is 0 Å². The number of aliphatic hydroxyl groups excluding tert-OH is 2. The molecule has 3 aliphatic heterocycles. The summed E-state index contributed by atoms with van der Waals surface area (Å²) in [5, 5.41) is 64.0. The van der Waals surface area contributed by atoms with Crippen LogP contribution in [0.15, 0.2) is 41.3 Å². The van der Waals surface area contributed by atoms with Crippen molar-refractivity contribution in [3.05, 3.63) is 52.8 Å². The summed E-state index contributed by atoms with van der Waals surface area (Å²) in [6.07, 6.45) is 7.10. The number of unbranched alkanes of at least 4 members (excludes halogenated alkanes) is 2. The van der Waals surface area contributed by atoms with E-state index in [0.717, 1.165) is 19.1 Å². The molecular weight excluding hydrogens is 752 g/mol. The number of nitrogens with zero attached hydrogens (tertiary/aromatic N) is 1. The van der Waals surface area contributed by atoms with E-state index >= 15 is 0 Å². The molecule has 0 saturated carbocycles. The van der Waals surface area contributed by atoms with Gasteiger partial charge in [-0.2, -0.15) is 0 Å². The fourth-order valence-electron chi connectivity index (χ4n) is 7.43. The number of carbonyl (C=O) groups excluding carboxylic acids is 3. The maximum Gasteiger partial charge on any atom is 0.312 e. The van der Waals surface area contributed by atoms with Crippen molar-refractivity contribution in [1.29, 1.82) is 0 Å². The number of phenols is 3. The fraction of sp³-hybridized carbons (Fsp3) is 0.535. The predicted molar refractivity (Wildman–Crippen MR) is 217 cm³/mol. The average Bonchev–Trinajstić information content (AvgIpc) is 3.45. The van der Waals surface area contributed by atoms with Crippen molar-refractivity contribution in [3.8, 4) is 23.0 Å². The smallest absolute Gasteiger partial charge is 0.312 e. The second kappa shape index (κ2) is 19.1.